The lowest BCUT2D eigenvalue weighted by molar-refractivity contribution is -0.128. The molecule has 2 aliphatic carbocycles. The van der Waals surface area contributed by atoms with Gasteiger partial charge in [0, 0.05) is 28.4 Å². The molecule has 0 spiro atoms. The van der Waals surface area contributed by atoms with Crippen LogP contribution in [-0.2, 0) is 4.79 Å². The van der Waals surface area contributed by atoms with E-state index in [1.165, 1.54) is 22.0 Å². The Morgan fingerprint density at radius 1 is 1.08 bits per heavy atom. The topological polar surface area (TPSA) is 138 Å². The Labute approximate surface area is 234 Å². The number of anilines is 1. The van der Waals surface area contributed by atoms with E-state index in [0.717, 1.165) is 11.3 Å². The molecular weight excluding hydrogens is 538 g/mol. The van der Waals surface area contributed by atoms with E-state index in [2.05, 4.69) is 33.1 Å². The fourth-order valence-corrected chi connectivity index (χ4v) is 6.08. The van der Waals surface area contributed by atoms with Crippen LogP contribution in [0.2, 0.25) is 5.02 Å². The van der Waals surface area contributed by atoms with Crippen molar-refractivity contribution in [1.82, 2.24) is 30.3 Å². The second-order valence-corrected chi connectivity index (χ2v) is 11.4. The molecule has 2 heterocycles. The third kappa shape index (κ3) is 5.19. The van der Waals surface area contributed by atoms with Crippen LogP contribution in [0.15, 0.2) is 64.6 Å². The van der Waals surface area contributed by atoms with Gasteiger partial charge in [0.15, 0.2) is 22.1 Å². The molecule has 0 aliphatic heterocycles. The number of hydrogen-bond donors (Lipinski definition) is 4. The second kappa shape index (κ2) is 10.7. The predicted molar refractivity (Wildman–Crippen MR) is 148 cm³/mol. The highest BCUT2D eigenvalue weighted by Crippen LogP contribution is 2.44. The average molecular weight is 566 g/mol. The van der Waals surface area contributed by atoms with Gasteiger partial charge in [0.05, 0.1) is 18.1 Å². The summed E-state index contributed by atoms with van der Waals surface area (Å²) in [6.07, 6.45) is -1.25. The van der Waals surface area contributed by atoms with Crippen molar-refractivity contribution in [3.63, 3.8) is 0 Å². The summed E-state index contributed by atoms with van der Waals surface area (Å²) in [5, 5.41) is 37.6. The molecule has 12 heteroatoms. The van der Waals surface area contributed by atoms with Gasteiger partial charge in [-0.2, -0.15) is 0 Å². The molecule has 4 N–H and O–H groups in total. The number of carbonyl (C=O) groups is 1. The van der Waals surface area contributed by atoms with E-state index in [4.69, 9.17) is 21.6 Å². The number of carbonyl (C=O) groups excluding carboxylic acids is 1. The maximum atomic E-state index is 12.5. The molecule has 6 rings (SSSR count). The molecule has 4 aromatic rings. The molecule has 0 bridgehead atoms. The molecule has 2 aromatic heterocycles. The minimum absolute atomic E-state index is 0.185. The van der Waals surface area contributed by atoms with E-state index in [0.29, 0.717) is 39.6 Å². The van der Waals surface area contributed by atoms with Crippen LogP contribution in [0, 0.1) is 5.92 Å². The molecule has 2 aliphatic rings. The third-order valence-corrected chi connectivity index (χ3v) is 8.44. The molecular formula is C27H28ClN7O3S. The summed E-state index contributed by atoms with van der Waals surface area (Å²) in [7, 11) is 0. The van der Waals surface area contributed by atoms with E-state index in [-0.39, 0.29) is 18.4 Å². The lowest BCUT2D eigenvalue weighted by Crippen LogP contribution is -2.38. The molecule has 10 nitrogen and oxygen atoms in total. The van der Waals surface area contributed by atoms with Crippen molar-refractivity contribution >= 4 is 46.3 Å². The van der Waals surface area contributed by atoms with E-state index in [9.17, 15) is 15.0 Å². The quantitative estimate of drug-likeness (QED) is 0.237. The van der Waals surface area contributed by atoms with Gasteiger partial charge in [-0.25, -0.2) is 14.6 Å². The van der Waals surface area contributed by atoms with Crippen molar-refractivity contribution in [2.75, 3.05) is 11.9 Å². The van der Waals surface area contributed by atoms with Crippen molar-refractivity contribution in [2.24, 2.45) is 5.92 Å². The highest BCUT2D eigenvalue weighted by atomic mass is 35.5. The maximum Gasteiger partial charge on any atom is 0.225 e. The minimum atomic E-state index is -1.22. The largest absolute Gasteiger partial charge is 0.390 e. The van der Waals surface area contributed by atoms with Gasteiger partial charge in [-0.3, -0.25) is 4.79 Å². The van der Waals surface area contributed by atoms with Gasteiger partial charge in [-0.05, 0) is 61.4 Å². The first kappa shape index (κ1) is 26.0. The molecule has 39 heavy (non-hydrogen) atoms. The minimum Gasteiger partial charge on any atom is -0.390 e. The summed E-state index contributed by atoms with van der Waals surface area (Å²) < 4.78 is 1.52. The Bertz CT molecular complexity index is 1490. The molecule has 2 unspecified atom stereocenters. The lowest BCUT2D eigenvalue weighted by atomic mass is 10.0. The monoisotopic (exact) mass is 565 g/mol. The molecule has 0 saturated heterocycles. The van der Waals surface area contributed by atoms with Gasteiger partial charge < -0.3 is 20.8 Å². The summed E-state index contributed by atoms with van der Waals surface area (Å²) in [4.78, 5) is 23.0. The Hall–Kier alpha value is -3.25. The summed E-state index contributed by atoms with van der Waals surface area (Å²) in [6.45, 7) is 2.25. The Kier molecular flexibility index (Phi) is 7.15. The number of benzene rings is 2. The second-order valence-electron chi connectivity index (χ2n) is 9.91. The fraction of sp³-hybridized carbons (Fsp3) is 0.370. The number of fused-ring (bicyclic) bond motifs is 1. The van der Waals surface area contributed by atoms with Crippen molar-refractivity contribution < 1.29 is 15.0 Å². The van der Waals surface area contributed by atoms with Gasteiger partial charge in [-0.1, -0.05) is 47.1 Å². The zero-order valence-electron chi connectivity index (χ0n) is 21.1. The number of aliphatic hydroxyl groups is 2. The van der Waals surface area contributed by atoms with Gasteiger partial charge in [0.2, 0.25) is 5.91 Å². The summed E-state index contributed by atoms with van der Waals surface area (Å²) in [5.74, 6) is -0.139. The van der Waals surface area contributed by atoms with E-state index >= 15 is 0 Å². The van der Waals surface area contributed by atoms with Crippen molar-refractivity contribution in [3.8, 4) is 0 Å². The summed E-state index contributed by atoms with van der Waals surface area (Å²) >= 11 is 7.43. The molecule has 2 fully saturated rings. The average Bonchev–Trinajstić information content (AvgIpc) is 3.48. The Morgan fingerprint density at radius 3 is 2.59 bits per heavy atom. The van der Waals surface area contributed by atoms with Crippen molar-refractivity contribution in [1.29, 1.82) is 0 Å². The van der Waals surface area contributed by atoms with Gasteiger partial charge in [0.1, 0.15) is 6.10 Å². The third-order valence-electron chi connectivity index (χ3n) is 7.32. The van der Waals surface area contributed by atoms with E-state index < -0.39 is 24.2 Å². The van der Waals surface area contributed by atoms with Crippen LogP contribution in [0.1, 0.15) is 37.3 Å². The van der Waals surface area contributed by atoms with Crippen LogP contribution in [0.25, 0.3) is 11.2 Å². The fourth-order valence-electron chi connectivity index (χ4n) is 5.20. The van der Waals surface area contributed by atoms with Crippen molar-refractivity contribution in [2.45, 2.75) is 60.0 Å². The Morgan fingerprint density at radius 2 is 1.85 bits per heavy atom. The van der Waals surface area contributed by atoms with Crippen LogP contribution >= 0.6 is 23.4 Å². The first-order valence-electron chi connectivity index (χ1n) is 12.9. The number of aromatic nitrogens is 5. The smallest absolute Gasteiger partial charge is 0.225 e. The van der Waals surface area contributed by atoms with Gasteiger partial charge in [0.25, 0.3) is 0 Å². The molecule has 202 valence electrons. The number of aliphatic hydroxyl groups excluding tert-OH is 2. The number of amides is 1. The number of nitrogens with zero attached hydrogens (tertiary/aromatic N) is 5. The number of nitrogens with one attached hydrogen (secondary N) is 2. The van der Waals surface area contributed by atoms with Crippen LogP contribution in [0.3, 0.4) is 0 Å². The number of rotatable bonds is 8. The highest BCUT2D eigenvalue weighted by molar-refractivity contribution is 7.99. The standard InChI is InChI=1S/C27H28ClN7O3S/c1-2-29-26(38)18-13-20(23(37)22(18)36)35-25-21(33-34-35)24(30-19-12-17(19)14-6-4-3-5-7-14)31-27(32-25)39-16-10-8-15(28)9-11-16/h3-11,17-20,22-23,36-37H,2,12-13H2,1H3,(H,29,38)(H,30,31,32)/t17?,18-,19?,20+,22+,23-/m1/s1. The van der Waals surface area contributed by atoms with Crippen LogP contribution in [-0.4, -0.2) is 65.9 Å². The van der Waals surface area contributed by atoms with Gasteiger partial charge in [-0.15, -0.1) is 5.10 Å². The van der Waals surface area contributed by atoms with Crippen LogP contribution < -0.4 is 10.6 Å². The molecule has 2 aromatic carbocycles. The molecule has 0 radical (unpaired) electrons. The zero-order valence-corrected chi connectivity index (χ0v) is 22.7. The van der Waals surface area contributed by atoms with Crippen LogP contribution in [0.5, 0.6) is 0 Å². The van der Waals surface area contributed by atoms with E-state index in [1.807, 2.05) is 37.3 Å². The Balaban J connectivity index is 1.35. The SMILES string of the molecule is CCNC(=O)[C@@H]1C[C@H](n2nnc3c(NC4CC4c4ccccc4)nc(Sc4ccc(Cl)cc4)nc32)[C@@H](O)[C@H]1O. The van der Waals surface area contributed by atoms with Crippen LogP contribution in [0.4, 0.5) is 5.82 Å². The zero-order chi connectivity index (χ0) is 27.1. The number of halogens is 1. The normalized spacial score (nSPS) is 26.1. The summed E-state index contributed by atoms with van der Waals surface area (Å²) in [6, 6.07) is 17.2. The molecule has 2 saturated carbocycles. The lowest BCUT2D eigenvalue weighted by Gasteiger charge is -2.17. The molecule has 1 amide bonds. The predicted octanol–water partition coefficient (Wildman–Crippen LogP) is 3.41. The maximum absolute atomic E-state index is 12.5. The van der Waals surface area contributed by atoms with Crippen molar-refractivity contribution in [3.05, 3.63) is 65.2 Å². The molecule has 6 atom stereocenters. The summed E-state index contributed by atoms with van der Waals surface area (Å²) in [5.41, 5.74) is 2.16. The number of hydrogen-bond acceptors (Lipinski definition) is 9. The highest BCUT2D eigenvalue weighted by Gasteiger charge is 2.47. The first-order valence-corrected chi connectivity index (χ1v) is 14.1. The van der Waals surface area contributed by atoms with E-state index in [1.54, 1.807) is 12.1 Å². The van der Waals surface area contributed by atoms with Gasteiger partial charge >= 0.3 is 0 Å². The first-order chi connectivity index (χ1) is 18.9.